The fourth-order valence-corrected chi connectivity index (χ4v) is 5.30. The van der Waals surface area contributed by atoms with Crippen LogP contribution in [0.5, 0.6) is 5.75 Å². The number of ether oxygens (including phenoxy) is 1. The molecule has 190 valence electrons. The molecule has 6 nitrogen and oxygen atoms in total. The molecule has 9 heteroatoms. The predicted molar refractivity (Wildman–Crippen MR) is 139 cm³/mol. The lowest BCUT2D eigenvalue weighted by Crippen LogP contribution is -2.50. The zero-order valence-electron chi connectivity index (χ0n) is 20.4. The Morgan fingerprint density at radius 1 is 0.892 bits per heavy atom. The van der Waals surface area contributed by atoms with E-state index in [1.165, 1.54) is 23.5 Å². The topological polar surface area (TPSA) is 54.8 Å². The third-order valence-electron chi connectivity index (χ3n) is 6.60. The summed E-state index contributed by atoms with van der Waals surface area (Å²) < 4.78 is 35.5. The minimum Gasteiger partial charge on any atom is -0.497 e. The highest BCUT2D eigenvalue weighted by Crippen LogP contribution is 2.32. The third-order valence-corrected chi connectivity index (χ3v) is 7.46. The molecular formula is C28H25F2N3O3S. The van der Waals surface area contributed by atoms with Crippen molar-refractivity contribution in [2.24, 2.45) is 0 Å². The third kappa shape index (κ3) is 4.74. The largest absolute Gasteiger partial charge is 0.497 e. The first-order chi connectivity index (χ1) is 17.9. The zero-order chi connectivity index (χ0) is 26.1. The van der Waals surface area contributed by atoms with Crippen LogP contribution in [0.4, 0.5) is 8.78 Å². The number of aromatic nitrogens is 1. The number of nitrogens with zero attached hydrogens (tertiary/aromatic N) is 3. The Bertz CT molecular complexity index is 1440. The monoisotopic (exact) mass is 521 g/mol. The summed E-state index contributed by atoms with van der Waals surface area (Å²) in [6.45, 7) is 3.40. The molecule has 0 radical (unpaired) electrons. The van der Waals surface area contributed by atoms with Crippen molar-refractivity contribution < 1.29 is 23.1 Å². The van der Waals surface area contributed by atoms with E-state index in [4.69, 9.17) is 4.74 Å². The smallest absolute Gasteiger partial charge is 0.264 e. The molecule has 5 rings (SSSR count). The number of amides is 2. The fourth-order valence-electron chi connectivity index (χ4n) is 4.61. The average Bonchev–Trinajstić information content (AvgIpc) is 3.57. The van der Waals surface area contributed by atoms with Gasteiger partial charge in [-0.25, -0.2) is 8.78 Å². The first kappa shape index (κ1) is 24.7. The predicted octanol–water partition coefficient (Wildman–Crippen LogP) is 5.40. The van der Waals surface area contributed by atoms with Crippen LogP contribution < -0.4 is 4.74 Å². The van der Waals surface area contributed by atoms with E-state index >= 15 is 0 Å². The summed E-state index contributed by atoms with van der Waals surface area (Å²) in [6, 6.07) is 16.0. The maximum absolute atomic E-state index is 14.9. The number of piperazine rings is 1. The quantitative estimate of drug-likeness (QED) is 0.354. The van der Waals surface area contributed by atoms with Gasteiger partial charge in [0.15, 0.2) is 0 Å². The molecule has 4 aromatic rings. The molecule has 37 heavy (non-hydrogen) atoms. The Morgan fingerprint density at radius 3 is 2.16 bits per heavy atom. The van der Waals surface area contributed by atoms with Crippen LogP contribution in [-0.2, 0) is 0 Å². The molecule has 0 aliphatic carbocycles. The minimum absolute atomic E-state index is 0.0296. The second-order valence-corrected chi connectivity index (χ2v) is 9.70. The lowest BCUT2D eigenvalue weighted by Gasteiger charge is -2.34. The Kier molecular flexibility index (Phi) is 6.80. The van der Waals surface area contributed by atoms with Gasteiger partial charge in [0.25, 0.3) is 11.8 Å². The summed E-state index contributed by atoms with van der Waals surface area (Å²) in [6.07, 6.45) is 0. The number of hydrogen-bond donors (Lipinski definition) is 0. The highest BCUT2D eigenvalue weighted by atomic mass is 32.1. The standard InChI is InChI=1S/C28H25F2N3O3S/c1-18-22(27(34)31-11-13-32(14-12-31)28(35)26-4-3-15-37-26)17-25(19-5-8-21(36-2)9-6-19)33(18)24-10-7-20(29)16-23(24)30/h3-10,15-17H,11-14H2,1-2H3. The fraction of sp³-hybridized carbons (Fsp3) is 0.214. The van der Waals surface area contributed by atoms with Gasteiger partial charge in [0.05, 0.1) is 28.9 Å². The van der Waals surface area contributed by atoms with Gasteiger partial charge >= 0.3 is 0 Å². The molecular weight excluding hydrogens is 496 g/mol. The maximum Gasteiger partial charge on any atom is 0.264 e. The van der Waals surface area contributed by atoms with Crippen molar-refractivity contribution in [3.8, 4) is 22.7 Å². The lowest BCUT2D eigenvalue weighted by molar-refractivity contribution is 0.0537. The highest BCUT2D eigenvalue weighted by Gasteiger charge is 2.29. The Morgan fingerprint density at radius 2 is 1.57 bits per heavy atom. The second-order valence-electron chi connectivity index (χ2n) is 8.75. The second kappa shape index (κ2) is 10.2. The molecule has 0 spiro atoms. The normalized spacial score (nSPS) is 13.6. The van der Waals surface area contributed by atoms with Crippen LogP contribution in [0.1, 0.15) is 25.7 Å². The van der Waals surface area contributed by atoms with Crippen molar-refractivity contribution in [3.63, 3.8) is 0 Å². The van der Waals surface area contributed by atoms with Gasteiger partial charge in [0.2, 0.25) is 0 Å². The molecule has 0 saturated carbocycles. The molecule has 2 aromatic carbocycles. The van der Waals surface area contributed by atoms with Crippen molar-refractivity contribution in [1.82, 2.24) is 14.4 Å². The highest BCUT2D eigenvalue weighted by molar-refractivity contribution is 7.12. The van der Waals surface area contributed by atoms with Gasteiger partial charge < -0.3 is 19.1 Å². The molecule has 0 atom stereocenters. The van der Waals surface area contributed by atoms with E-state index in [2.05, 4.69) is 0 Å². The van der Waals surface area contributed by atoms with Gasteiger partial charge in [-0.1, -0.05) is 6.07 Å². The van der Waals surface area contributed by atoms with E-state index in [1.54, 1.807) is 52.7 Å². The Balaban J connectivity index is 1.47. The van der Waals surface area contributed by atoms with Crippen molar-refractivity contribution in [1.29, 1.82) is 0 Å². The van der Waals surface area contributed by atoms with Crippen LogP contribution in [0.2, 0.25) is 0 Å². The van der Waals surface area contributed by atoms with Gasteiger partial charge in [-0.15, -0.1) is 11.3 Å². The summed E-state index contributed by atoms with van der Waals surface area (Å²) >= 11 is 1.40. The van der Waals surface area contributed by atoms with Gasteiger partial charge in [-0.05, 0) is 66.4 Å². The van der Waals surface area contributed by atoms with Crippen molar-refractivity contribution in [3.05, 3.63) is 93.8 Å². The summed E-state index contributed by atoms with van der Waals surface area (Å²) in [5.41, 5.74) is 2.46. The van der Waals surface area contributed by atoms with E-state index in [0.29, 0.717) is 53.8 Å². The molecule has 0 unspecified atom stereocenters. The van der Waals surface area contributed by atoms with Gasteiger partial charge in [-0.3, -0.25) is 9.59 Å². The number of carbonyl (C=O) groups is 2. The van der Waals surface area contributed by atoms with E-state index in [9.17, 15) is 18.4 Å². The van der Waals surface area contributed by atoms with Crippen molar-refractivity contribution >= 4 is 23.2 Å². The number of hydrogen-bond acceptors (Lipinski definition) is 4. The number of halogens is 2. The van der Waals surface area contributed by atoms with E-state index in [0.717, 1.165) is 11.6 Å². The van der Waals surface area contributed by atoms with Crippen LogP contribution in [-0.4, -0.2) is 59.5 Å². The van der Waals surface area contributed by atoms with Gasteiger partial charge in [0, 0.05) is 37.9 Å². The Hall–Kier alpha value is -3.98. The molecule has 2 aromatic heterocycles. The molecule has 0 N–H and O–H groups in total. The number of thiophene rings is 1. The van der Waals surface area contributed by atoms with Crippen LogP contribution in [0, 0.1) is 18.6 Å². The molecule has 1 aliphatic heterocycles. The van der Waals surface area contributed by atoms with Gasteiger partial charge in [-0.2, -0.15) is 0 Å². The van der Waals surface area contributed by atoms with Crippen LogP contribution >= 0.6 is 11.3 Å². The summed E-state index contributed by atoms with van der Waals surface area (Å²) in [7, 11) is 1.57. The van der Waals surface area contributed by atoms with Crippen LogP contribution in [0.15, 0.2) is 66.0 Å². The number of carbonyl (C=O) groups excluding carboxylic acids is 2. The zero-order valence-corrected chi connectivity index (χ0v) is 21.2. The van der Waals surface area contributed by atoms with Crippen molar-refractivity contribution in [2.75, 3.05) is 33.3 Å². The van der Waals surface area contributed by atoms with Gasteiger partial charge in [0.1, 0.15) is 17.4 Å². The minimum atomic E-state index is -0.729. The first-order valence-corrected chi connectivity index (χ1v) is 12.7. The molecule has 1 fully saturated rings. The van der Waals surface area contributed by atoms with Crippen molar-refractivity contribution in [2.45, 2.75) is 6.92 Å². The van der Waals surface area contributed by atoms with E-state index in [1.807, 2.05) is 23.6 Å². The van der Waals surface area contributed by atoms with Crippen LogP contribution in [0.3, 0.4) is 0 Å². The summed E-state index contributed by atoms with van der Waals surface area (Å²) in [4.78, 5) is 30.5. The van der Waals surface area contributed by atoms with E-state index in [-0.39, 0.29) is 17.5 Å². The molecule has 1 aliphatic rings. The number of benzene rings is 2. The van der Waals surface area contributed by atoms with E-state index < -0.39 is 11.6 Å². The maximum atomic E-state index is 14.9. The first-order valence-electron chi connectivity index (χ1n) is 11.8. The number of methoxy groups -OCH3 is 1. The molecule has 0 bridgehead atoms. The average molecular weight is 522 g/mol. The summed E-state index contributed by atoms with van der Waals surface area (Å²) in [5, 5.41) is 1.87. The molecule has 3 heterocycles. The molecule has 2 amide bonds. The van der Waals surface area contributed by atoms with Crippen LogP contribution in [0.25, 0.3) is 16.9 Å². The summed E-state index contributed by atoms with van der Waals surface area (Å²) in [5.74, 6) is -0.968. The Labute approximate surface area is 217 Å². The molecule has 1 saturated heterocycles. The lowest BCUT2D eigenvalue weighted by atomic mass is 10.1. The SMILES string of the molecule is COc1ccc(-c2cc(C(=O)N3CCN(C(=O)c4cccs4)CC3)c(C)n2-c2ccc(F)cc2F)cc1. The number of rotatable bonds is 5.